The highest BCUT2D eigenvalue weighted by atomic mass is 16.5. The maximum Gasteiger partial charge on any atom is 0.402 e. The number of carbonyl (C=O) groups is 3. The SMILES string of the molecule is C/C=C/CN1C(=O)C2C(=Nc3n2c(C)c(C)[n+]3CC(=O)OCC)N(C)C1=O. The summed E-state index contributed by atoms with van der Waals surface area (Å²) in [5.41, 5.74) is 1.65. The zero-order valence-electron chi connectivity index (χ0n) is 16.2. The van der Waals surface area contributed by atoms with E-state index in [1.54, 1.807) is 35.3 Å². The third-order valence-electron chi connectivity index (χ3n) is 4.94. The van der Waals surface area contributed by atoms with Crippen LogP contribution in [0.5, 0.6) is 0 Å². The predicted molar refractivity (Wildman–Crippen MR) is 96.6 cm³/mol. The average Bonchev–Trinajstić information content (AvgIpc) is 3.12. The molecule has 0 aliphatic carbocycles. The van der Waals surface area contributed by atoms with Crippen molar-refractivity contribution in [2.75, 3.05) is 20.2 Å². The molecular formula is C18H24N5O4+. The van der Waals surface area contributed by atoms with Crippen LogP contribution in [0, 0.1) is 13.8 Å². The molecule has 1 atom stereocenters. The number of nitrogens with zero attached hydrogens (tertiary/aromatic N) is 5. The number of imide groups is 1. The summed E-state index contributed by atoms with van der Waals surface area (Å²) in [6.45, 7) is 7.83. The van der Waals surface area contributed by atoms with E-state index in [0.717, 1.165) is 11.4 Å². The quantitative estimate of drug-likeness (QED) is 0.437. The van der Waals surface area contributed by atoms with E-state index in [1.807, 2.05) is 20.8 Å². The fourth-order valence-corrected chi connectivity index (χ4v) is 3.41. The van der Waals surface area contributed by atoms with Gasteiger partial charge in [-0.1, -0.05) is 17.1 Å². The first kappa shape index (κ1) is 18.8. The molecule has 1 saturated heterocycles. The summed E-state index contributed by atoms with van der Waals surface area (Å²) in [4.78, 5) is 44.8. The lowest BCUT2D eigenvalue weighted by Crippen LogP contribution is -2.57. The van der Waals surface area contributed by atoms with Gasteiger partial charge in [0.05, 0.1) is 6.61 Å². The minimum absolute atomic E-state index is 0.000481. The number of esters is 1. The fourth-order valence-electron chi connectivity index (χ4n) is 3.41. The van der Waals surface area contributed by atoms with Gasteiger partial charge in [-0.2, -0.15) is 0 Å². The topological polar surface area (TPSA) is 88.1 Å². The molecule has 0 bridgehead atoms. The Bertz CT molecular complexity index is 883. The minimum atomic E-state index is -0.713. The molecule has 1 aromatic rings. The summed E-state index contributed by atoms with van der Waals surface area (Å²) in [5, 5.41) is 0. The van der Waals surface area contributed by atoms with Gasteiger partial charge in [0.1, 0.15) is 11.4 Å². The van der Waals surface area contributed by atoms with Gasteiger partial charge in [-0.15, -0.1) is 0 Å². The number of urea groups is 1. The van der Waals surface area contributed by atoms with Crippen molar-refractivity contribution in [1.29, 1.82) is 0 Å². The lowest BCUT2D eigenvalue weighted by molar-refractivity contribution is -0.678. The number of fused-ring (bicyclic) bond motifs is 3. The normalized spacial score (nSPS) is 18.9. The first-order valence-corrected chi connectivity index (χ1v) is 8.89. The van der Waals surface area contributed by atoms with Crippen molar-refractivity contribution in [3.8, 4) is 0 Å². The fraction of sp³-hybridized carbons (Fsp3) is 0.500. The monoisotopic (exact) mass is 374 g/mol. The molecule has 3 heterocycles. The number of carbonyl (C=O) groups excluding carboxylic acids is 3. The highest BCUT2D eigenvalue weighted by Crippen LogP contribution is 2.35. The number of rotatable bonds is 5. The van der Waals surface area contributed by atoms with Crippen LogP contribution in [0.3, 0.4) is 0 Å². The molecule has 27 heavy (non-hydrogen) atoms. The number of amides is 3. The van der Waals surface area contributed by atoms with Crippen molar-refractivity contribution in [3.05, 3.63) is 23.5 Å². The van der Waals surface area contributed by atoms with Crippen molar-refractivity contribution < 1.29 is 23.7 Å². The Morgan fingerprint density at radius 2 is 2.04 bits per heavy atom. The molecule has 144 valence electrons. The van der Waals surface area contributed by atoms with Crippen molar-refractivity contribution >= 4 is 29.7 Å². The Morgan fingerprint density at radius 3 is 2.67 bits per heavy atom. The molecule has 3 amide bonds. The summed E-state index contributed by atoms with van der Waals surface area (Å²) in [6, 6.07) is -1.12. The second-order valence-corrected chi connectivity index (χ2v) is 6.46. The standard InChI is InChI=1S/C18H24N5O4/c1-6-8-9-21-16(25)14-15(20(5)18(21)26)19-17-22(10-13(24)27-7-2)11(3)12(4)23(14)17/h6,8,14H,7,9-10H2,1-5H3/q+1/b8-6+. The Hall–Kier alpha value is -2.97. The molecule has 2 aliphatic heterocycles. The molecule has 0 spiro atoms. The van der Waals surface area contributed by atoms with E-state index in [1.165, 1.54) is 9.80 Å². The highest BCUT2D eigenvalue weighted by Gasteiger charge is 2.54. The third-order valence-corrected chi connectivity index (χ3v) is 4.94. The number of allylic oxidation sites excluding steroid dienone is 1. The first-order valence-electron chi connectivity index (χ1n) is 8.89. The molecule has 1 aromatic heterocycles. The van der Waals surface area contributed by atoms with Crippen LogP contribution in [0.25, 0.3) is 0 Å². The second kappa shape index (κ2) is 6.98. The van der Waals surface area contributed by atoms with Crippen LogP contribution in [0.2, 0.25) is 0 Å². The van der Waals surface area contributed by atoms with Gasteiger partial charge in [0, 0.05) is 13.6 Å². The summed E-state index contributed by atoms with van der Waals surface area (Å²) in [6.07, 6.45) is 3.55. The molecule has 0 N–H and O–H groups in total. The van der Waals surface area contributed by atoms with Crippen LogP contribution in [0.1, 0.15) is 31.3 Å². The van der Waals surface area contributed by atoms with Crippen molar-refractivity contribution in [3.63, 3.8) is 0 Å². The Labute approximate surface area is 157 Å². The van der Waals surface area contributed by atoms with E-state index in [9.17, 15) is 14.4 Å². The van der Waals surface area contributed by atoms with Crippen LogP contribution in [-0.4, -0.2) is 58.3 Å². The van der Waals surface area contributed by atoms with Gasteiger partial charge in [-0.3, -0.25) is 14.6 Å². The molecular weight excluding hydrogens is 350 g/mol. The third kappa shape index (κ3) is 2.83. The summed E-state index contributed by atoms with van der Waals surface area (Å²) >= 11 is 0. The van der Waals surface area contributed by atoms with Crippen molar-refractivity contribution in [2.24, 2.45) is 4.99 Å². The Morgan fingerprint density at radius 1 is 1.33 bits per heavy atom. The van der Waals surface area contributed by atoms with Gasteiger partial charge in [0.15, 0.2) is 6.54 Å². The zero-order valence-corrected chi connectivity index (χ0v) is 16.2. The first-order chi connectivity index (χ1) is 12.8. The second-order valence-electron chi connectivity index (χ2n) is 6.46. The number of aromatic nitrogens is 2. The molecule has 9 heteroatoms. The number of aliphatic imine (C=N–C) groups is 1. The van der Waals surface area contributed by atoms with E-state index in [0.29, 0.717) is 18.4 Å². The lowest BCUT2D eigenvalue weighted by atomic mass is 10.1. The number of likely N-dealkylation sites (N-methyl/N-ethyl adjacent to an activating group) is 1. The molecule has 0 radical (unpaired) electrons. The van der Waals surface area contributed by atoms with E-state index >= 15 is 0 Å². The van der Waals surface area contributed by atoms with Gasteiger partial charge in [-0.05, 0) is 27.7 Å². The number of ether oxygens (including phenoxy) is 1. The van der Waals surface area contributed by atoms with Gasteiger partial charge in [0.2, 0.25) is 11.9 Å². The molecule has 0 aromatic carbocycles. The summed E-state index contributed by atoms with van der Waals surface area (Å²) < 4.78 is 8.56. The minimum Gasteiger partial charge on any atom is -0.464 e. The molecule has 2 aliphatic rings. The van der Waals surface area contributed by atoms with E-state index < -0.39 is 12.1 Å². The Kier molecular flexibility index (Phi) is 4.86. The van der Waals surface area contributed by atoms with Crippen LogP contribution in [0.15, 0.2) is 17.1 Å². The maximum atomic E-state index is 13.1. The molecule has 3 rings (SSSR count). The maximum absolute atomic E-state index is 13.1. The van der Waals surface area contributed by atoms with Gasteiger partial charge < -0.3 is 4.74 Å². The number of hydrogen-bond donors (Lipinski definition) is 0. The van der Waals surface area contributed by atoms with Gasteiger partial charge >= 0.3 is 17.9 Å². The number of imidazole rings is 1. The molecule has 1 unspecified atom stereocenters. The van der Waals surface area contributed by atoms with Gasteiger partial charge in [0.25, 0.3) is 5.91 Å². The van der Waals surface area contributed by atoms with Gasteiger partial charge in [-0.25, -0.2) is 18.7 Å². The van der Waals surface area contributed by atoms with Crippen LogP contribution < -0.4 is 4.57 Å². The van der Waals surface area contributed by atoms with Crippen LogP contribution in [0.4, 0.5) is 10.7 Å². The van der Waals surface area contributed by atoms with E-state index in [2.05, 4.69) is 4.99 Å². The number of amidine groups is 1. The van der Waals surface area contributed by atoms with Crippen LogP contribution >= 0.6 is 0 Å². The zero-order chi connectivity index (χ0) is 19.9. The molecule has 0 saturated carbocycles. The van der Waals surface area contributed by atoms with E-state index in [-0.39, 0.29) is 25.0 Å². The molecule has 9 nitrogen and oxygen atoms in total. The predicted octanol–water partition coefficient (Wildman–Crippen LogP) is 1.01. The Balaban J connectivity index is 2.06. The van der Waals surface area contributed by atoms with E-state index in [4.69, 9.17) is 4.74 Å². The lowest BCUT2D eigenvalue weighted by Gasteiger charge is -2.32. The largest absolute Gasteiger partial charge is 0.464 e. The van der Waals surface area contributed by atoms with Crippen molar-refractivity contribution in [2.45, 2.75) is 40.3 Å². The summed E-state index contributed by atoms with van der Waals surface area (Å²) in [7, 11) is 1.60. The average molecular weight is 374 g/mol. The smallest absolute Gasteiger partial charge is 0.402 e. The highest BCUT2D eigenvalue weighted by molar-refractivity contribution is 6.20. The van der Waals surface area contributed by atoms with Crippen molar-refractivity contribution in [1.82, 2.24) is 14.4 Å². The van der Waals surface area contributed by atoms with Crippen LogP contribution in [-0.2, 0) is 20.9 Å². The summed E-state index contributed by atoms with van der Waals surface area (Å²) in [5.74, 6) is 0.144. The number of hydrogen-bond acceptors (Lipinski definition) is 5. The molecule has 1 fully saturated rings.